The van der Waals surface area contributed by atoms with Crippen molar-refractivity contribution in [1.82, 2.24) is 10.2 Å². The Bertz CT molecular complexity index is 901. The van der Waals surface area contributed by atoms with Gasteiger partial charge in [0, 0.05) is 6.07 Å². The number of nitriles is 1. The second kappa shape index (κ2) is 5.85. The number of rotatable bonds is 3. The highest BCUT2D eigenvalue weighted by atomic mass is 35.5. The van der Waals surface area contributed by atoms with Gasteiger partial charge in [-0.2, -0.15) is 10.4 Å². The Balaban J connectivity index is 2.44. The number of benzene rings is 1. The van der Waals surface area contributed by atoms with Crippen molar-refractivity contribution in [3.8, 4) is 6.07 Å². The molecular formula is C12H7Cl2N3O3S. The summed E-state index contributed by atoms with van der Waals surface area (Å²) in [4.78, 5) is 11.5. The van der Waals surface area contributed by atoms with Crippen LogP contribution in [0, 0.1) is 11.3 Å². The monoisotopic (exact) mass is 343 g/mol. The summed E-state index contributed by atoms with van der Waals surface area (Å²) in [6, 6.07) is 6.69. The molecule has 0 bridgehead atoms. The van der Waals surface area contributed by atoms with Gasteiger partial charge in [0.15, 0.2) is 9.84 Å². The summed E-state index contributed by atoms with van der Waals surface area (Å²) in [5, 5.41) is 14.6. The molecule has 9 heteroatoms. The van der Waals surface area contributed by atoms with Crippen LogP contribution in [0.1, 0.15) is 11.3 Å². The number of hydrogen-bond donors (Lipinski definition) is 1. The maximum Gasteiger partial charge on any atom is 0.205 e. The van der Waals surface area contributed by atoms with E-state index >= 15 is 0 Å². The Morgan fingerprint density at radius 3 is 2.57 bits per heavy atom. The first-order valence-electron chi connectivity index (χ1n) is 5.50. The van der Waals surface area contributed by atoms with Crippen molar-refractivity contribution in [3.63, 3.8) is 0 Å². The lowest BCUT2D eigenvalue weighted by molar-refractivity contribution is 0.594. The Morgan fingerprint density at radius 1 is 1.29 bits per heavy atom. The van der Waals surface area contributed by atoms with Crippen LogP contribution in [0.2, 0.25) is 10.2 Å². The van der Waals surface area contributed by atoms with Crippen LogP contribution in [0.15, 0.2) is 34.0 Å². The number of aromatic nitrogens is 2. The molecule has 0 aliphatic heterocycles. The maximum atomic E-state index is 12.3. The number of sulfone groups is 1. The van der Waals surface area contributed by atoms with E-state index in [1.807, 2.05) is 6.07 Å². The molecule has 0 saturated heterocycles. The number of nitrogens with one attached hydrogen (secondary N) is 1. The van der Waals surface area contributed by atoms with E-state index in [-0.39, 0.29) is 26.3 Å². The van der Waals surface area contributed by atoms with Gasteiger partial charge in [-0.05, 0) is 18.2 Å². The summed E-state index contributed by atoms with van der Waals surface area (Å²) in [6.45, 7) is 0. The van der Waals surface area contributed by atoms with Crippen molar-refractivity contribution in [3.05, 3.63) is 55.9 Å². The van der Waals surface area contributed by atoms with Crippen LogP contribution in [-0.2, 0) is 15.6 Å². The van der Waals surface area contributed by atoms with Crippen molar-refractivity contribution in [1.29, 1.82) is 5.26 Å². The van der Waals surface area contributed by atoms with Crippen LogP contribution in [0.25, 0.3) is 0 Å². The molecule has 0 radical (unpaired) electrons. The molecule has 1 N–H and O–H groups in total. The highest BCUT2D eigenvalue weighted by molar-refractivity contribution is 7.90. The van der Waals surface area contributed by atoms with Crippen molar-refractivity contribution in [2.45, 2.75) is 10.6 Å². The fourth-order valence-electron chi connectivity index (χ4n) is 1.59. The van der Waals surface area contributed by atoms with Gasteiger partial charge in [0.2, 0.25) is 5.43 Å². The zero-order valence-corrected chi connectivity index (χ0v) is 12.6. The summed E-state index contributed by atoms with van der Waals surface area (Å²) < 4.78 is 24.5. The number of hydrogen-bond acceptors (Lipinski definition) is 5. The minimum atomic E-state index is -3.87. The largest absolute Gasteiger partial charge is 0.288 e. The van der Waals surface area contributed by atoms with Gasteiger partial charge in [-0.1, -0.05) is 23.2 Å². The van der Waals surface area contributed by atoms with Crippen molar-refractivity contribution < 1.29 is 8.42 Å². The van der Waals surface area contributed by atoms with E-state index in [2.05, 4.69) is 10.2 Å². The molecule has 1 aromatic heterocycles. The molecule has 21 heavy (non-hydrogen) atoms. The number of halogens is 2. The highest BCUT2D eigenvalue weighted by Crippen LogP contribution is 2.24. The van der Waals surface area contributed by atoms with Crippen LogP contribution in [0.3, 0.4) is 0 Å². The van der Waals surface area contributed by atoms with Crippen molar-refractivity contribution >= 4 is 33.0 Å². The Kier molecular flexibility index (Phi) is 4.32. The Labute approximate surface area is 129 Å². The Hall–Kier alpha value is -1.88. The molecule has 0 spiro atoms. The molecule has 1 heterocycles. The molecule has 108 valence electrons. The normalized spacial score (nSPS) is 11.1. The molecular weight excluding hydrogens is 337 g/mol. The highest BCUT2D eigenvalue weighted by Gasteiger charge is 2.21. The van der Waals surface area contributed by atoms with E-state index in [4.69, 9.17) is 28.5 Å². The number of aromatic amines is 1. The fourth-order valence-corrected chi connectivity index (χ4v) is 3.62. The van der Waals surface area contributed by atoms with Gasteiger partial charge < -0.3 is 0 Å². The SMILES string of the molecule is N#Cc1ccc(S(=O)(=O)Cc2n[nH]c(Cl)cc2=O)c(Cl)c1. The molecule has 0 saturated carbocycles. The van der Waals surface area contributed by atoms with Crippen LogP contribution >= 0.6 is 23.2 Å². The summed E-state index contributed by atoms with van der Waals surface area (Å²) in [6.07, 6.45) is 0. The van der Waals surface area contributed by atoms with Crippen LogP contribution < -0.4 is 5.43 Å². The molecule has 6 nitrogen and oxygen atoms in total. The molecule has 2 rings (SSSR count). The second-order valence-corrected chi connectivity index (χ2v) is 6.82. The molecule has 0 amide bonds. The standard InChI is InChI=1S/C12H7Cl2N3O3S/c13-8-3-7(5-15)1-2-11(8)21(19,20)6-9-10(18)4-12(14)17-16-9/h1-4H,6H2,(H,17,18). The van der Waals surface area contributed by atoms with Gasteiger partial charge in [0.25, 0.3) is 0 Å². The third-order valence-corrected chi connectivity index (χ3v) is 4.86. The van der Waals surface area contributed by atoms with Gasteiger partial charge in [-0.3, -0.25) is 9.89 Å². The lowest BCUT2D eigenvalue weighted by atomic mass is 10.2. The first kappa shape index (κ1) is 15.5. The topological polar surface area (TPSA) is 104 Å². The van der Waals surface area contributed by atoms with E-state index in [0.717, 1.165) is 6.07 Å². The van der Waals surface area contributed by atoms with Crippen LogP contribution in [0.4, 0.5) is 0 Å². The Morgan fingerprint density at radius 2 is 2.00 bits per heavy atom. The lowest BCUT2D eigenvalue weighted by Gasteiger charge is -2.06. The first-order chi connectivity index (χ1) is 9.83. The smallest absolute Gasteiger partial charge is 0.205 e. The maximum absolute atomic E-state index is 12.3. The fraction of sp³-hybridized carbons (Fsp3) is 0.0833. The molecule has 0 aliphatic carbocycles. The number of nitrogens with zero attached hydrogens (tertiary/aromatic N) is 2. The quantitative estimate of drug-likeness (QED) is 0.916. The molecule has 0 atom stereocenters. The molecule has 0 unspecified atom stereocenters. The van der Waals surface area contributed by atoms with Gasteiger partial charge >= 0.3 is 0 Å². The predicted octanol–water partition coefficient (Wildman–Crippen LogP) is 1.92. The molecule has 1 aromatic carbocycles. The van der Waals surface area contributed by atoms with Crippen LogP contribution in [0.5, 0.6) is 0 Å². The van der Waals surface area contributed by atoms with E-state index in [1.54, 1.807) is 0 Å². The molecule has 0 fully saturated rings. The average molecular weight is 344 g/mol. The van der Waals surface area contributed by atoms with E-state index in [0.29, 0.717) is 0 Å². The minimum Gasteiger partial charge on any atom is -0.288 e. The zero-order chi connectivity index (χ0) is 15.6. The first-order valence-corrected chi connectivity index (χ1v) is 7.91. The van der Waals surface area contributed by atoms with Crippen molar-refractivity contribution in [2.24, 2.45) is 0 Å². The van der Waals surface area contributed by atoms with Gasteiger partial charge in [0.1, 0.15) is 16.6 Å². The zero-order valence-electron chi connectivity index (χ0n) is 10.3. The predicted molar refractivity (Wildman–Crippen MR) is 76.9 cm³/mol. The third kappa shape index (κ3) is 3.42. The van der Waals surface area contributed by atoms with E-state index in [1.165, 1.54) is 18.2 Å². The van der Waals surface area contributed by atoms with Crippen LogP contribution in [-0.4, -0.2) is 18.6 Å². The third-order valence-electron chi connectivity index (χ3n) is 2.56. The van der Waals surface area contributed by atoms with Gasteiger partial charge in [-0.25, -0.2) is 8.42 Å². The number of H-pyrrole nitrogens is 1. The lowest BCUT2D eigenvalue weighted by Crippen LogP contribution is -2.17. The summed E-state index contributed by atoms with van der Waals surface area (Å²) in [5.74, 6) is -0.620. The minimum absolute atomic E-state index is 0.0116. The van der Waals surface area contributed by atoms with E-state index < -0.39 is 21.0 Å². The molecule has 2 aromatic rings. The summed E-state index contributed by atoms with van der Waals surface area (Å²) in [7, 11) is -3.87. The summed E-state index contributed by atoms with van der Waals surface area (Å²) in [5.41, 5.74) is -0.548. The average Bonchev–Trinajstić information content (AvgIpc) is 2.41. The second-order valence-electron chi connectivity index (χ2n) is 4.04. The van der Waals surface area contributed by atoms with E-state index in [9.17, 15) is 13.2 Å². The molecule has 0 aliphatic rings. The van der Waals surface area contributed by atoms with Crippen molar-refractivity contribution in [2.75, 3.05) is 0 Å². The summed E-state index contributed by atoms with van der Waals surface area (Å²) >= 11 is 11.4. The van der Waals surface area contributed by atoms with Gasteiger partial charge in [0.05, 0.1) is 21.6 Å². The van der Waals surface area contributed by atoms with Gasteiger partial charge in [-0.15, -0.1) is 0 Å².